The molecule has 2 rings (SSSR count). The summed E-state index contributed by atoms with van der Waals surface area (Å²) in [6, 6.07) is 9.06. The van der Waals surface area contributed by atoms with Gasteiger partial charge in [0.15, 0.2) is 0 Å². The van der Waals surface area contributed by atoms with Gasteiger partial charge in [-0.05, 0) is 58.2 Å². The highest BCUT2D eigenvalue weighted by Crippen LogP contribution is 2.28. The van der Waals surface area contributed by atoms with E-state index >= 15 is 0 Å². The van der Waals surface area contributed by atoms with Gasteiger partial charge in [-0.3, -0.25) is 0 Å². The largest absolute Gasteiger partial charge is 0.242 e. The Balaban J connectivity index is 2.25. The minimum Gasteiger partial charge on any atom is -0.207 e. The quantitative estimate of drug-likeness (QED) is 0.782. The van der Waals surface area contributed by atoms with Crippen LogP contribution in [0.5, 0.6) is 0 Å². The topological polar surface area (TPSA) is 46.2 Å². The van der Waals surface area contributed by atoms with E-state index in [9.17, 15) is 12.8 Å². The van der Waals surface area contributed by atoms with Gasteiger partial charge < -0.3 is 0 Å². The molecule has 21 heavy (non-hydrogen) atoms. The summed E-state index contributed by atoms with van der Waals surface area (Å²) in [5, 5.41) is 0. The lowest BCUT2D eigenvalue weighted by Gasteiger charge is -2.10. The van der Waals surface area contributed by atoms with E-state index in [0.717, 1.165) is 5.56 Å². The van der Waals surface area contributed by atoms with Gasteiger partial charge in [0.2, 0.25) is 10.0 Å². The zero-order valence-electron chi connectivity index (χ0n) is 11.0. The molecule has 0 aliphatic carbocycles. The summed E-state index contributed by atoms with van der Waals surface area (Å²) in [6.45, 7) is 1.89. The molecule has 3 nitrogen and oxygen atoms in total. The average molecular weight is 437 g/mol. The van der Waals surface area contributed by atoms with Crippen LogP contribution >= 0.6 is 31.9 Å². The molecule has 2 aromatic rings. The van der Waals surface area contributed by atoms with Crippen LogP contribution in [0.4, 0.5) is 4.39 Å². The molecule has 0 fully saturated rings. The second-order valence-electron chi connectivity index (χ2n) is 4.49. The van der Waals surface area contributed by atoms with Crippen molar-refractivity contribution in [2.75, 3.05) is 0 Å². The van der Waals surface area contributed by atoms with E-state index in [-0.39, 0.29) is 11.4 Å². The normalized spacial score (nSPS) is 11.6. The van der Waals surface area contributed by atoms with Gasteiger partial charge in [0.05, 0.1) is 4.90 Å². The summed E-state index contributed by atoms with van der Waals surface area (Å²) >= 11 is 6.57. The van der Waals surface area contributed by atoms with Gasteiger partial charge in [-0.1, -0.05) is 28.1 Å². The third-order valence-electron chi connectivity index (χ3n) is 2.86. The fourth-order valence-electron chi connectivity index (χ4n) is 1.74. The van der Waals surface area contributed by atoms with Crippen molar-refractivity contribution in [3.8, 4) is 0 Å². The van der Waals surface area contributed by atoms with Crippen molar-refractivity contribution in [1.82, 2.24) is 4.72 Å². The van der Waals surface area contributed by atoms with Crippen molar-refractivity contribution in [2.24, 2.45) is 0 Å². The summed E-state index contributed by atoms with van der Waals surface area (Å²) in [5.41, 5.74) is 1.48. The van der Waals surface area contributed by atoms with Crippen LogP contribution in [0.2, 0.25) is 0 Å². The Morgan fingerprint density at radius 2 is 1.86 bits per heavy atom. The lowest BCUT2D eigenvalue weighted by molar-refractivity contribution is 0.579. The van der Waals surface area contributed by atoms with Gasteiger partial charge in [-0.15, -0.1) is 0 Å². The zero-order chi connectivity index (χ0) is 15.6. The Hall–Kier alpha value is -0.760. The molecule has 0 spiro atoms. The molecule has 0 heterocycles. The van der Waals surface area contributed by atoms with E-state index in [1.165, 1.54) is 24.3 Å². The number of benzene rings is 2. The number of rotatable bonds is 4. The molecule has 2 aromatic carbocycles. The SMILES string of the molecule is Cc1cc(Br)c(S(=O)(=O)NCc2cccc(F)c2)cc1Br. The molecule has 0 atom stereocenters. The molecule has 1 N–H and O–H groups in total. The van der Waals surface area contributed by atoms with Crippen LogP contribution in [0.15, 0.2) is 50.2 Å². The van der Waals surface area contributed by atoms with E-state index < -0.39 is 15.8 Å². The first kappa shape index (κ1) is 16.6. The van der Waals surface area contributed by atoms with Crippen molar-refractivity contribution >= 4 is 41.9 Å². The highest BCUT2D eigenvalue weighted by molar-refractivity contribution is 9.11. The van der Waals surface area contributed by atoms with E-state index in [0.29, 0.717) is 14.5 Å². The minimum atomic E-state index is -3.69. The fraction of sp³-hybridized carbons (Fsp3) is 0.143. The summed E-state index contributed by atoms with van der Waals surface area (Å²) < 4.78 is 41.4. The smallest absolute Gasteiger partial charge is 0.207 e. The second kappa shape index (κ2) is 6.56. The Morgan fingerprint density at radius 1 is 1.14 bits per heavy atom. The fourth-order valence-corrected chi connectivity index (χ4v) is 4.43. The van der Waals surface area contributed by atoms with Crippen LogP contribution in [0.1, 0.15) is 11.1 Å². The van der Waals surface area contributed by atoms with Crippen LogP contribution in [-0.4, -0.2) is 8.42 Å². The first-order valence-electron chi connectivity index (χ1n) is 5.99. The number of halogens is 3. The maximum absolute atomic E-state index is 13.1. The minimum absolute atomic E-state index is 0.0258. The zero-order valence-corrected chi connectivity index (χ0v) is 15.0. The van der Waals surface area contributed by atoms with Gasteiger partial charge in [0.1, 0.15) is 5.82 Å². The van der Waals surface area contributed by atoms with Crippen LogP contribution in [0.3, 0.4) is 0 Å². The standard InChI is InChI=1S/C14H12Br2FNO2S/c1-9-5-13(16)14(7-12(9)15)21(19,20)18-8-10-3-2-4-11(17)6-10/h2-7,18H,8H2,1H3. The van der Waals surface area contributed by atoms with Gasteiger partial charge in [-0.25, -0.2) is 17.5 Å². The first-order valence-corrected chi connectivity index (χ1v) is 9.06. The Kier molecular flexibility index (Phi) is 5.19. The first-order chi connectivity index (χ1) is 9.79. The van der Waals surface area contributed by atoms with E-state index in [4.69, 9.17) is 0 Å². The third-order valence-corrected chi connectivity index (χ3v) is 6.07. The van der Waals surface area contributed by atoms with Crippen molar-refractivity contribution in [1.29, 1.82) is 0 Å². The molecule has 112 valence electrons. The van der Waals surface area contributed by atoms with E-state index in [2.05, 4.69) is 36.6 Å². The summed E-state index contributed by atoms with van der Waals surface area (Å²) in [6.07, 6.45) is 0. The maximum Gasteiger partial charge on any atom is 0.242 e. The second-order valence-corrected chi connectivity index (χ2v) is 7.93. The Morgan fingerprint density at radius 3 is 2.52 bits per heavy atom. The summed E-state index contributed by atoms with van der Waals surface area (Å²) in [5.74, 6) is -0.397. The number of sulfonamides is 1. The summed E-state index contributed by atoms with van der Waals surface area (Å²) in [7, 11) is -3.69. The lowest BCUT2D eigenvalue weighted by Crippen LogP contribution is -2.23. The van der Waals surface area contributed by atoms with E-state index in [1.54, 1.807) is 12.1 Å². The lowest BCUT2D eigenvalue weighted by atomic mass is 10.2. The van der Waals surface area contributed by atoms with Crippen molar-refractivity contribution < 1.29 is 12.8 Å². The monoisotopic (exact) mass is 435 g/mol. The van der Waals surface area contributed by atoms with E-state index in [1.807, 2.05) is 6.92 Å². The van der Waals surface area contributed by atoms with Gasteiger partial charge >= 0.3 is 0 Å². The van der Waals surface area contributed by atoms with Crippen molar-refractivity contribution in [2.45, 2.75) is 18.4 Å². The van der Waals surface area contributed by atoms with Crippen LogP contribution in [0, 0.1) is 12.7 Å². The van der Waals surface area contributed by atoms with Gasteiger partial charge in [0, 0.05) is 15.5 Å². The molecule has 7 heteroatoms. The number of hydrogen-bond donors (Lipinski definition) is 1. The molecule has 0 aliphatic heterocycles. The maximum atomic E-state index is 13.1. The molecular formula is C14H12Br2FNO2S. The average Bonchev–Trinajstić information content (AvgIpc) is 2.41. The molecule has 0 bridgehead atoms. The van der Waals surface area contributed by atoms with Crippen LogP contribution in [-0.2, 0) is 16.6 Å². The number of hydrogen-bond acceptors (Lipinski definition) is 2. The van der Waals surface area contributed by atoms with Crippen LogP contribution < -0.4 is 4.72 Å². The predicted molar refractivity (Wildman–Crippen MR) is 87.0 cm³/mol. The van der Waals surface area contributed by atoms with Crippen LogP contribution in [0.25, 0.3) is 0 Å². The predicted octanol–water partition coefficient (Wildman–Crippen LogP) is 4.14. The Labute approximate surface area is 139 Å². The molecule has 0 saturated heterocycles. The molecule has 0 aliphatic rings. The third kappa shape index (κ3) is 4.12. The molecule has 0 unspecified atom stereocenters. The molecule has 0 amide bonds. The number of aryl methyl sites for hydroxylation is 1. The van der Waals surface area contributed by atoms with Gasteiger partial charge in [0.25, 0.3) is 0 Å². The Bertz CT molecular complexity index is 779. The van der Waals surface area contributed by atoms with Crippen molar-refractivity contribution in [3.05, 3.63) is 62.3 Å². The molecule has 0 saturated carbocycles. The molecule has 0 aromatic heterocycles. The molecule has 0 radical (unpaired) electrons. The molecular weight excluding hydrogens is 425 g/mol. The van der Waals surface area contributed by atoms with Crippen molar-refractivity contribution in [3.63, 3.8) is 0 Å². The van der Waals surface area contributed by atoms with Gasteiger partial charge in [-0.2, -0.15) is 0 Å². The highest BCUT2D eigenvalue weighted by atomic mass is 79.9. The number of nitrogens with one attached hydrogen (secondary N) is 1. The summed E-state index contributed by atoms with van der Waals surface area (Å²) in [4.78, 5) is 0.136. The highest BCUT2D eigenvalue weighted by Gasteiger charge is 2.18.